The number of alkyl halides is 3. The lowest BCUT2D eigenvalue weighted by Crippen LogP contribution is -2.23. The summed E-state index contributed by atoms with van der Waals surface area (Å²) in [6.45, 7) is 4.71. The van der Waals surface area contributed by atoms with Crippen LogP contribution in [0.15, 0.2) is 18.2 Å². The first-order valence-electron chi connectivity index (χ1n) is 10.2. The van der Waals surface area contributed by atoms with Gasteiger partial charge in [-0.1, -0.05) is 6.07 Å². The largest absolute Gasteiger partial charge is 0.433 e. The number of halogens is 3. The normalized spacial score (nSPS) is 16.1. The van der Waals surface area contributed by atoms with Crippen LogP contribution in [0.2, 0.25) is 0 Å². The van der Waals surface area contributed by atoms with Crippen molar-refractivity contribution in [1.29, 1.82) is 0 Å². The second-order valence-electron chi connectivity index (χ2n) is 7.60. The number of nitrogens with zero attached hydrogens (tertiary/aromatic N) is 4. The standard InChI is InChI=1S/C20H27F3N6OS/c1-12(11-31-10-9-30-3)24-18-27-17(15-5-4-6-16(26-15)20(21,22)23)28-19(29-18)25-13(2)14-7-8-14/h4-6,12-14H,7-11H2,1-3H3,(H2,24,25,27,28,29)/t12?,13-/m1/s1. The fourth-order valence-corrected chi connectivity index (χ4v) is 3.81. The fourth-order valence-electron chi connectivity index (χ4n) is 2.92. The molecule has 2 aromatic rings. The number of hydrogen-bond acceptors (Lipinski definition) is 8. The van der Waals surface area contributed by atoms with E-state index in [0.29, 0.717) is 24.4 Å². The summed E-state index contributed by atoms with van der Waals surface area (Å²) >= 11 is 1.73. The molecule has 0 radical (unpaired) electrons. The molecule has 0 bridgehead atoms. The monoisotopic (exact) mass is 456 g/mol. The molecule has 1 aliphatic rings. The predicted octanol–water partition coefficient (Wildman–Crippen LogP) is 4.34. The van der Waals surface area contributed by atoms with Crippen molar-refractivity contribution in [3.05, 3.63) is 23.9 Å². The maximum Gasteiger partial charge on any atom is 0.433 e. The van der Waals surface area contributed by atoms with E-state index in [-0.39, 0.29) is 23.6 Å². The zero-order chi connectivity index (χ0) is 22.4. The van der Waals surface area contributed by atoms with E-state index in [4.69, 9.17) is 4.74 Å². The van der Waals surface area contributed by atoms with E-state index >= 15 is 0 Å². The molecule has 1 saturated carbocycles. The second-order valence-corrected chi connectivity index (χ2v) is 8.75. The van der Waals surface area contributed by atoms with E-state index in [1.807, 2.05) is 13.8 Å². The molecular weight excluding hydrogens is 429 g/mol. The van der Waals surface area contributed by atoms with E-state index < -0.39 is 11.9 Å². The van der Waals surface area contributed by atoms with Crippen LogP contribution in [0.3, 0.4) is 0 Å². The van der Waals surface area contributed by atoms with Gasteiger partial charge in [0, 0.05) is 30.7 Å². The van der Waals surface area contributed by atoms with Crippen LogP contribution in [0.1, 0.15) is 32.4 Å². The Morgan fingerprint density at radius 3 is 2.45 bits per heavy atom. The lowest BCUT2D eigenvalue weighted by molar-refractivity contribution is -0.141. The molecule has 1 fully saturated rings. The van der Waals surface area contributed by atoms with Gasteiger partial charge in [0.15, 0.2) is 5.82 Å². The van der Waals surface area contributed by atoms with Gasteiger partial charge in [-0.3, -0.25) is 0 Å². The van der Waals surface area contributed by atoms with Crippen LogP contribution in [0.4, 0.5) is 25.1 Å². The number of ether oxygens (including phenoxy) is 1. The van der Waals surface area contributed by atoms with E-state index in [1.54, 1.807) is 18.9 Å². The van der Waals surface area contributed by atoms with Crippen LogP contribution in [-0.4, -0.2) is 57.2 Å². The average molecular weight is 457 g/mol. The van der Waals surface area contributed by atoms with E-state index in [1.165, 1.54) is 12.1 Å². The molecule has 11 heteroatoms. The number of hydrogen-bond donors (Lipinski definition) is 2. The molecule has 170 valence electrons. The molecule has 0 spiro atoms. The number of pyridine rings is 1. The van der Waals surface area contributed by atoms with Crippen LogP contribution in [0.25, 0.3) is 11.5 Å². The molecule has 2 atom stereocenters. The lowest BCUT2D eigenvalue weighted by Gasteiger charge is -2.17. The number of anilines is 2. The van der Waals surface area contributed by atoms with Gasteiger partial charge in [-0.2, -0.15) is 39.9 Å². The molecule has 2 N–H and O–H groups in total. The Labute approximate surface area is 184 Å². The fraction of sp³-hybridized carbons (Fsp3) is 0.600. The lowest BCUT2D eigenvalue weighted by atomic mass is 10.2. The van der Waals surface area contributed by atoms with Crippen LogP contribution >= 0.6 is 11.8 Å². The first-order chi connectivity index (χ1) is 14.8. The SMILES string of the molecule is COCCSCC(C)Nc1nc(N[C@H](C)C2CC2)nc(-c2cccc(C(F)(F)F)n2)n1. The summed E-state index contributed by atoms with van der Waals surface area (Å²) in [7, 11) is 1.66. The summed E-state index contributed by atoms with van der Waals surface area (Å²) in [5, 5.41) is 6.48. The van der Waals surface area contributed by atoms with Gasteiger partial charge in [-0.15, -0.1) is 0 Å². The smallest absolute Gasteiger partial charge is 0.384 e. The molecule has 0 amide bonds. The summed E-state index contributed by atoms with van der Waals surface area (Å²) in [4.78, 5) is 16.8. The van der Waals surface area contributed by atoms with Gasteiger partial charge in [0.05, 0.1) is 6.61 Å². The van der Waals surface area contributed by atoms with E-state index in [9.17, 15) is 13.2 Å². The van der Waals surface area contributed by atoms with Gasteiger partial charge in [0.1, 0.15) is 11.4 Å². The van der Waals surface area contributed by atoms with Crippen molar-refractivity contribution in [2.24, 2.45) is 5.92 Å². The summed E-state index contributed by atoms with van der Waals surface area (Å²) in [5.41, 5.74) is -0.937. The Kier molecular flexibility index (Phi) is 7.93. The van der Waals surface area contributed by atoms with Crippen molar-refractivity contribution in [3.8, 4) is 11.5 Å². The number of methoxy groups -OCH3 is 1. The minimum Gasteiger partial charge on any atom is -0.384 e. The highest BCUT2D eigenvalue weighted by molar-refractivity contribution is 7.99. The molecule has 0 aromatic carbocycles. The van der Waals surface area contributed by atoms with E-state index in [2.05, 4.69) is 30.6 Å². The average Bonchev–Trinajstić information content (AvgIpc) is 3.56. The molecule has 0 aliphatic heterocycles. The highest BCUT2D eigenvalue weighted by Crippen LogP contribution is 2.34. The third-order valence-electron chi connectivity index (χ3n) is 4.77. The third-order valence-corrected chi connectivity index (χ3v) is 5.96. The number of thioether (sulfide) groups is 1. The summed E-state index contributed by atoms with van der Waals surface area (Å²) in [6.07, 6.45) is -2.26. The molecule has 1 aliphatic carbocycles. The summed E-state index contributed by atoms with van der Waals surface area (Å²) < 4.78 is 44.4. The molecular formula is C20H27F3N6OS. The third kappa shape index (κ3) is 7.20. The first-order valence-corrected chi connectivity index (χ1v) is 11.3. The van der Waals surface area contributed by atoms with Crippen LogP contribution in [-0.2, 0) is 10.9 Å². The molecule has 7 nitrogen and oxygen atoms in total. The van der Waals surface area contributed by atoms with Crippen LogP contribution < -0.4 is 10.6 Å². The highest BCUT2D eigenvalue weighted by atomic mass is 32.2. The zero-order valence-electron chi connectivity index (χ0n) is 17.7. The van der Waals surface area contributed by atoms with Gasteiger partial charge < -0.3 is 15.4 Å². The maximum absolute atomic E-state index is 13.1. The molecule has 2 heterocycles. The van der Waals surface area contributed by atoms with Gasteiger partial charge in [-0.25, -0.2) is 4.98 Å². The van der Waals surface area contributed by atoms with Crippen molar-refractivity contribution in [1.82, 2.24) is 19.9 Å². The quantitative estimate of drug-likeness (QED) is 0.483. The Morgan fingerprint density at radius 1 is 1.10 bits per heavy atom. The topological polar surface area (TPSA) is 84.9 Å². The molecule has 3 rings (SSSR count). The Morgan fingerprint density at radius 2 is 1.81 bits per heavy atom. The summed E-state index contributed by atoms with van der Waals surface area (Å²) in [6, 6.07) is 3.90. The van der Waals surface area contributed by atoms with Crippen molar-refractivity contribution < 1.29 is 17.9 Å². The number of rotatable bonds is 11. The molecule has 0 saturated heterocycles. The Hall–Kier alpha value is -2.14. The molecule has 2 aromatic heterocycles. The van der Waals surface area contributed by atoms with E-state index in [0.717, 1.165) is 30.4 Å². The van der Waals surface area contributed by atoms with Crippen molar-refractivity contribution in [2.45, 2.75) is 44.9 Å². The highest BCUT2D eigenvalue weighted by Gasteiger charge is 2.33. The Bertz CT molecular complexity index is 865. The van der Waals surface area contributed by atoms with Crippen molar-refractivity contribution >= 4 is 23.7 Å². The molecule has 1 unspecified atom stereocenters. The summed E-state index contributed by atoms with van der Waals surface area (Å²) in [5.74, 6) is 2.94. The maximum atomic E-state index is 13.1. The minimum atomic E-state index is -4.54. The van der Waals surface area contributed by atoms with Crippen LogP contribution in [0.5, 0.6) is 0 Å². The second kappa shape index (κ2) is 10.4. The van der Waals surface area contributed by atoms with Crippen LogP contribution in [0, 0.1) is 5.92 Å². The number of nitrogens with one attached hydrogen (secondary N) is 2. The van der Waals surface area contributed by atoms with Gasteiger partial charge in [-0.05, 0) is 44.7 Å². The predicted molar refractivity (Wildman–Crippen MR) is 116 cm³/mol. The minimum absolute atomic E-state index is 0.0419. The number of aromatic nitrogens is 4. The van der Waals surface area contributed by atoms with Gasteiger partial charge in [0.2, 0.25) is 11.9 Å². The first kappa shape index (κ1) is 23.5. The van der Waals surface area contributed by atoms with Gasteiger partial charge in [0.25, 0.3) is 0 Å². The molecule has 31 heavy (non-hydrogen) atoms. The van der Waals surface area contributed by atoms with Gasteiger partial charge >= 0.3 is 6.18 Å². The Balaban J connectivity index is 1.83. The van der Waals surface area contributed by atoms with Crippen molar-refractivity contribution in [3.63, 3.8) is 0 Å². The van der Waals surface area contributed by atoms with Crippen molar-refractivity contribution in [2.75, 3.05) is 35.9 Å². The zero-order valence-corrected chi connectivity index (χ0v) is 18.6.